The van der Waals surface area contributed by atoms with Crippen LogP contribution in [0.4, 0.5) is 0 Å². The van der Waals surface area contributed by atoms with Crippen LogP contribution >= 0.6 is 0 Å². The standard InChI is InChI=1S/C28H30N2O8/c1-3-30(4-2)11-15-9-17(13-5-6-38-12-13)18-8-14-7-16-10-19(31)22(27(29)36)26(35)28(16,37)25(34)20(14)24(33)21(18)23(15)32/h5-6,9,12,14,16,32-33,35,37H,3-4,7-8,10-11H2,1-2H3,(H2,29,36). The number of ketones is 2. The van der Waals surface area contributed by atoms with Crippen LogP contribution in [0.3, 0.4) is 0 Å². The monoisotopic (exact) mass is 522 g/mol. The fraction of sp³-hybridized carbons (Fsp3) is 0.393. The van der Waals surface area contributed by atoms with Crippen LogP contribution in [0.2, 0.25) is 0 Å². The summed E-state index contributed by atoms with van der Waals surface area (Å²) in [6, 6.07) is 3.62. The molecule has 0 bridgehead atoms. The zero-order chi connectivity index (χ0) is 27.5. The highest BCUT2D eigenvalue weighted by atomic mass is 16.3. The number of phenols is 1. The summed E-state index contributed by atoms with van der Waals surface area (Å²) < 4.78 is 5.30. The van der Waals surface area contributed by atoms with Gasteiger partial charge in [0, 0.05) is 35.6 Å². The van der Waals surface area contributed by atoms with Gasteiger partial charge in [0.25, 0.3) is 5.91 Å². The maximum absolute atomic E-state index is 13.8. The second-order valence-corrected chi connectivity index (χ2v) is 10.2. The highest BCUT2D eigenvalue weighted by Crippen LogP contribution is 2.53. The van der Waals surface area contributed by atoms with Crippen LogP contribution < -0.4 is 5.73 Å². The molecule has 1 fully saturated rings. The minimum atomic E-state index is -2.59. The lowest BCUT2D eigenvalue weighted by Crippen LogP contribution is -2.58. The lowest BCUT2D eigenvalue weighted by Gasteiger charge is -2.46. The van der Waals surface area contributed by atoms with Gasteiger partial charge in [-0.05, 0) is 55.1 Å². The van der Waals surface area contributed by atoms with Gasteiger partial charge in [0.1, 0.15) is 22.8 Å². The number of hydrogen-bond acceptors (Lipinski definition) is 9. The van der Waals surface area contributed by atoms with Gasteiger partial charge in [-0.3, -0.25) is 19.3 Å². The van der Waals surface area contributed by atoms with Gasteiger partial charge in [-0.15, -0.1) is 0 Å². The molecule has 1 aromatic heterocycles. The summed E-state index contributed by atoms with van der Waals surface area (Å²) in [5.41, 5.74) is 4.39. The second kappa shape index (κ2) is 9.14. The van der Waals surface area contributed by atoms with Crippen molar-refractivity contribution in [1.82, 2.24) is 4.90 Å². The van der Waals surface area contributed by atoms with Crippen LogP contribution in [-0.2, 0) is 27.3 Å². The van der Waals surface area contributed by atoms with Crippen LogP contribution in [-0.4, -0.2) is 61.5 Å². The van der Waals surface area contributed by atoms with E-state index in [2.05, 4.69) is 4.90 Å². The third-order valence-corrected chi connectivity index (χ3v) is 8.26. The molecule has 2 aromatic rings. The molecule has 38 heavy (non-hydrogen) atoms. The second-order valence-electron chi connectivity index (χ2n) is 10.2. The molecular formula is C28H30N2O8. The fourth-order valence-electron chi connectivity index (χ4n) is 6.23. The number of carbonyl (C=O) groups excluding carboxylic acids is 3. The van der Waals surface area contributed by atoms with Crippen molar-refractivity contribution in [3.63, 3.8) is 0 Å². The summed E-state index contributed by atoms with van der Waals surface area (Å²) >= 11 is 0. The number of rotatable bonds is 6. The summed E-state index contributed by atoms with van der Waals surface area (Å²) in [6.45, 7) is 5.82. The van der Waals surface area contributed by atoms with Crippen LogP contribution in [0.1, 0.15) is 43.4 Å². The average molecular weight is 523 g/mol. The number of phenolic OH excluding ortho intramolecular Hbond substituents is 1. The first kappa shape index (κ1) is 25.7. The van der Waals surface area contributed by atoms with E-state index >= 15 is 0 Å². The summed E-state index contributed by atoms with van der Waals surface area (Å²) in [6.07, 6.45) is 3.03. The minimum absolute atomic E-state index is 0.0791. The third kappa shape index (κ3) is 3.58. The maximum Gasteiger partial charge on any atom is 0.255 e. The molecular weight excluding hydrogens is 492 g/mol. The number of furan rings is 1. The predicted octanol–water partition coefficient (Wildman–Crippen LogP) is 2.53. The number of primary amides is 1. The van der Waals surface area contributed by atoms with Crippen LogP contribution in [0, 0.1) is 11.8 Å². The van der Waals surface area contributed by atoms with Gasteiger partial charge in [0.15, 0.2) is 11.4 Å². The van der Waals surface area contributed by atoms with Gasteiger partial charge in [-0.2, -0.15) is 0 Å². The lowest BCUT2D eigenvalue weighted by atomic mass is 9.59. The third-order valence-electron chi connectivity index (χ3n) is 8.26. The molecule has 0 spiro atoms. The number of amides is 1. The van der Waals surface area contributed by atoms with Gasteiger partial charge < -0.3 is 30.6 Å². The Morgan fingerprint density at radius 3 is 2.50 bits per heavy atom. The summed E-state index contributed by atoms with van der Waals surface area (Å²) in [7, 11) is 0. The van der Waals surface area contributed by atoms with E-state index < -0.39 is 52.0 Å². The van der Waals surface area contributed by atoms with Gasteiger partial charge >= 0.3 is 0 Å². The molecule has 1 heterocycles. The Morgan fingerprint density at radius 2 is 1.89 bits per heavy atom. The number of carbonyl (C=O) groups is 3. The molecule has 0 radical (unpaired) electrons. The van der Waals surface area contributed by atoms with E-state index in [1.165, 1.54) is 6.26 Å². The Morgan fingerprint density at radius 1 is 1.18 bits per heavy atom. The van der Waals surface area contributed by atoms with Crippen LogP contribution in [0.25, 0.3) is 16.9 Å². The molecule has 3 atom stereocenters. The van der Waals surface area contributed by atoms with Crippen molar-refractivity contribution in [1.29, 1.82) is 0 Å². The smallest absolute Gasteiger partial charge is 0.255 e. The number of aliphatic hydroxyl groups is 3. The predicted molar refractivity (Wildman–Crippen MR) is 136 cm³/mol. The van der Waals surface area contributed by atoms with Crippen molar-refractivity contribution >= 4 is 23.2 Å². The number of Topliss-reactive ketones (excluding diaryl/α,β-unsaturated/α-hetero) is 2. The van der Waals surface area contributed by atoms with E-state index in [-0.39, 0.29) is 36.1 Å². The molecule has 0 aliphatic heterocycles. The van der Waals surface area contributed by atoms with Gasteiger partial charge in [0.05, 0.1) is 18.1 Å². The number of nitrogens with two attached hydrogens (primary N) is 1. The van der Waals surface area contributed by atoms with Crippen molar-refractivity contribution in [2.45, 2.75) is 45.3 Å². The Labute approximate surface area is 218 Å². The topological polar surface area (TPSA) is 175 Å². The number of aliphatic hydroxyl groups excluding tert-OH is 2. The molecule has 3 unspecified atom stereocenters. The average Bonchev–Trinajstić information content (AvgIpc) is 3.40. The molecule has 10 heteroatoms. The van der Waals surface area contributed by atoms with Gasteiger partial charge in [-0.1, -0.05) is 13.8 Å². The molecule has 3 aliphatic rings. The Bertz CT molecular complexity index is 1420. The van der Waals surface area contributed by atoms with Crippen LogP contribution in [0.5, 0.6) is 5.75 Å². The molecule has 1 amide bonds. The van der Waals surface area contributed by atoms with Crippen molar-refractivity contribution in [3.05, 3.63) is 58.3 Å². The van der Waals surface area contributed by atoms with E-state index in [1.54, 1.807) is 12.3 Å². The van der Waals surface area contributed by atoms with E-state index in [0.29, 0.717) is 17.7 Å². The normalized spacial score (nSPS) is 24.9. The van der Waals surface area contributed by atoms with E-state index in [1.807, 2.05) is 19.9 Å². The van der Waals surface area contributed by atoms with Crippen molar-refractivity contribution < 1.29 is 39.2 Å². The summed E-state index contributed by atoms with van der Waals surface area (Å²) in [5.74, 6) is -6.38. The van der Waals surface area contributed by atoms with E-state index in [4.69, 9.17) is 10.2 Å². The summed E-state index contributed by atoms with van der Waals surface area (Å²) in [4.78, 5) is 40.2. The number of nitrogens with zero attached hydrogens (tertiary/aromatic N) is 1. The largest absolute Gasteiger partial charge is 0.508 e. The SMILES string of the molecule is CCN(CC)Cc1cc(-c2ccoc2)c2c(c1O)C(O)=C1C(=O)C3(O)C(O)=C(C(N)=O)C(=O)CC3CC1C2. The lowest BCUT2D eigenvalue weighted by molar-refractivity contribution is -0.147. The fourth-order valence-corrected chi connectivity index (χ4v) is 6.23. The first-order valence-corrected chi connectivity index (χ1v) is 12.6. The number of fused-ring (bicyclic) bond motifs is 3. The van der Waals surface area contributed by atoms with Crippen LogP contribution in [0.15, 0.2) is 46.0 Å². The molecule has 1 saturated carbocycles. The molecule has 1 aromatic carbocycles. The maximum atomic E-state index is 13.8. The van der Waals surface area contributed by atoms with E-state index in [9.17, 15) is 34.8 Å². The zero-order valence-corrected chi connectivity index (χ0v) is 21.2. The zero-order valence-electron chi connectivity index (χ0n) is 21.2. The highest BCUT2D eigenvalue weighted by Gasteiger charge is 2.60. The first-order chi connectivity index (χ1) is 18.0. The van der Waals surface area contributed by atoms with Gasteiger partial charge in [-0.25, -0.2) is 0 Å². The molecule has 3 aliphatic carbocycles. The number of aromatic hydroxyl groups is 1. The number of hydrogen-bond donors (Lipinski definition) is 5. The molecule has 200 valence electrons. The Balaban J connectivity index is 1.73. The molecule has 10 nitrogen and oxygen atoms in total. The first-order valence-electron chi connectivity index (χ1n) is 12.6. The van der Waals surface area contributed by atoms with Crippen molar-refractivity contribution in [2.75, 3.05) is 13.1 Å². The number of benzene rings is 1. The molecule has 0 saturated heterocycles. The Hall–Kier alpha value is -3.89. The summed E-state index contributed by atoms with van der Waals surface area (Å²) in [5, 5.41) is 45.1. The minimum Gasteiger partial charge on any atom is -0.508 e. The quantitative estimate of drug-likeness (QED) is 0.357. The highest BCUT2D eigenvalue weighted by molar-refractivity contribution is 6.22. The molecule has 6 N–H and O–H groups in total. The molecule has 5 rings (SSSR count). The van der Waals surface area contributed by atoms with E-state index in [0.717, 1.165) is 24.2 Å². The van der Waals surface area contributed by atoms with Gasteiger partial charge in [0.2, 0.25) is 5.78 Å². The van der Waals surface area contributed by atoms with Crippen molar-refractivity contribution in [2.24, 2.45) is 17.6 Å². The Kier molecular flexibility index (Phi) is 6.19. The van der Waals surface area contributed by atoms with Crippen molar-refractivity contribution in [3.8, 4) is 16.9 Å².